The summed E-state index contributed by atoms with van der Waals surface area (Å²) in [6, 6.07) is -0.902. The molecule has 2 fully saturated rings. The van der Waals surface area contributed by atoms with Crippen molar-refractivity contribution in [1.82, 2.24) is 5.32 Å². The molecule has 12 atom stereocenters. The Kier molecular flexibility index (Phi) is 24.6. The van der Waals surface area contributed by atoms with Crippen molar-refractivity contribution in [3.63, 3.8) is 0 Å². The number of nitrogens with one attached hydrogen (secondary N) is 1. The van der Waals surface area contributed by atoms with Gasteiger partial charge in [-0.2, -0.15) is 0 Å². The van der Waals surface area contributed by atoms with Crippen molar-refractivity contribution >= 4 is 5.91 Å². The van der Waals surface area contributed by atoms with E-state index in [2.05, 4.69) is 19.2 Å². The van der Waals surface area contributed by atoms with Gasteiger partial charge in [0.05, 0.1) is 32.0 Å². The standard InChI is InChI=1S/C38H71NO13/c1-3-5-7-9-10-11-12-13-14-15-16-18-19-21-27(42)26(39-30(43)22-20-17-8-6-4-2)25-49-37-35(48)33(46)36(29(24-41)51-37)52-38-34(47)32(45)31(44)28(23-40)50-38/h19,21,26-29,31-38,40-42,44-48H,3-18,20,22-25H2,1-2H3,(H,39,43)/b21-19+/t26-,27+,28+,29+,31-,32-,33+,34+,35+,36+,37+,38-/m0/s1. The van der Waals surface area contributed by atoms with Crippen LogP contribution in [0.1, 0.15) is 129 Å². The number of aliphatic hydroxyl groups excluding tert-OH is 8. The summed E-state index contributed by atoms with van der Waals surface area (Å²) in [5.41, 5.74) is 0. The van der Waals surface area contributed by atoms with Crippen LogP contribution in [-0.4, -0.2) is 140 Å². The average molecular weight is 750 g/mol. The molecule has 2 aliphatic rings. The lowest BCUT2D eigenvalue weighted by Crippen LogP contribution is -2.65. The first-order valence-electron chi connectivity index (χ1n) is 19.9. The fourth-order valence-electron chi connectivity index (χ4n) is 6.58. The van der Waals surface area contributed by atoms with Crippen LogP contribution in [0.5, 0.6) is 0 Å². The first-order valence-corrected chi connectivity index (χ1v) is 19.9. The summed E-state index contributed by atoms with van der Waals surface area (Å²) in [7, 11) is 0. The number of ether oxygens (including phenoxy) is 4. The molecule has 0 aromatic carbocycles. The van der Waals surface area contributed by atoms with Crippen LogP contribution in [-0.2, 0) is 23.7 Å². The zero-order valence-corrected chi connectivity index (χ0v) is 31.6. The van der Waals surface area contributed by atoms with Gasteiger partial charge in [-0.05, 0) is 19.3 Å². The Morgan fingerprint density at radius 2 is 1.19 bits per heavy atom. The van der Waals surface area contributed by atoms with Crippen LogP contribution < -0.4 is 5.32 Å². The molecule has 14 heteroatoms. The molecule has 2 heterocycles. The van der Waals surface area contributed by atoms with Crippen molar-refractivity contribution in [3.8, 4) is 0 Å². The van der Waals surface area contributed by atoms with Crippen molar-refractivity contribution in [2.45, 2.75) is 203 Å². The van der Waals surface area contributed by atoms with Gasteiger partial charge in [0.2, 0.25) is 5.91 Å². The van der Waals surface area contributed by atoms with Gasteiger partial charge in [0.15, 0.2) is 12.6 Å². The Morgan fingerprint density at radius 3 is 1.77 bits per heavy atom. The third-order valence-electron chi connectivity index (χ3n) is 9.97. The first-order chi connectivity index (χ1) is 25.1. The largest absolute Gasteiger partial charge is 0.394 e. The highest BCUT2D eigenvalue weighted by atomic mass is 16.7. The van der Waals surface area contributed by atoms with E-state index in [4.69, 9.17) is 18.9 Å². The summed E-state index contributed by atoms with van der Waals surface area (Å²) in [5, 5.41) is 85.8. The van der Waals surface area contributed by atoms with Crippen LogP contribution in [0.15, 0.2) is 12.2 Å². The van der Waals surface area contributed by atoms with Gasteiger partial charge in [0, 0.05) is 6.42 Å². The number of amides is 1. The second-order valence-corrected chi connectivity index (χ2v) is 14.4. The molecule has 0 aromatic heterocycles. The van der Waals surface area contributed by atoms with E-state index in [1.807, 2.05) is 6.08 Å². The summed E-state index contributed by atoms with van der Waals surface area (Å²) in [6.45, 7) is 2.64. The third-order valence-corrected chi connectivity index (χ3v) is 9.97. The highest BCUT2D eigenvalue weighted by Gasteiger charge is 2.50. The van der Waals surface area contributed by atoms with E-state index < -0.39 is 86.8 Å². The zero-order valence-electron chi connectivity index (χ0n) is 31.6. The van der Waals surface area contributed by atoms with E-state index in [0.29, 0.717) is 6.42 Å². The minimum atomic E-state index is -1.78. The summed E-state index contributed by atoms with van der Waals surface area (Å²) >= 11 is 0. The van der Waals surface area contributed by atoms with Crippen molar-refractivity contribution < 1.29 is 64.6 Å². The molecule has 0 bridgehead atoms. The molecule has 52 heavy (non-hydrogen) atoms. The van der Waals surface area contributed by atoms with Crippen molar-refractivity contribution in [3.05, 3.63) is 12.2 Å². The fraction of sp³-hybridized carbons (Fsp3) is 0.921. The number of rotatable bonds is 28. The molecular formula is C38H71NO13. The second kappa shape index (κ2) is 27.3. The predicted molar refractivity (Wildman–Crippen MR) is 194 cm³/mol. The third kappa shape index (κ3) is 16.6. The number of carbonyl (C=O) groups excluding carboxylic acids is 1. The minimum absolute atomic E-state index is 0.255. The lowest BCUT2D eigenvalue weighted by atomic mass is 9.97. The first kappa shape index (κ1) is 46.9. The molecule has 0 radical (unpaired) electrons. The number of unbranched alkanes of at least 4 members (excludes halogenated alkanes) is 15. The van der Waals surface area contributed by atoms with Crippen molar-refractivity contribution in [2.75, 3.05) is 19.8 Å². The Labute approximate surface area is 310 Å². The maximum absolute atomic E-state index is 12.8. The van der Waals surface area contributed by atoms with Crippen LogP contribution >= 0.6 is 0 Å². The molecule has 306 valence electrons. The highest BCUT2D eigenvalue weighted by molar-refractivity contribution is 5.76. The maximum atomic E-state index is 12.8. The lowest BCUT2D eigenvalue weighted by Gasteiger charge is -2.46. The second-order valence-electron chi connectivity index (χ2n) is 14.4. The Morgan fingerprint density at radius 1 is 0.673 bits per heavy atom. The van der Waals surface area contributed by atoms with E-state index in [9.17, 15) is 45.6 Å². The van der Waals surface area contributed by atoms with Gasteiger partial charge >= 0.3 is 0 Å². The van der Waals surface area contributed by atoms with Gasteiger partial charge in [0.25, 0.3) is 0 Å². The van der Waals surface area contributed by atoms with Crippen molar-refractivity contribution in [2.24, 2.45) is 0 Å². The van der Waals surface area contributed by atoms with E-state index in [0.717, 1.165) is 44.9 Å². The summed E-state index contributed by atoms with van der Waals surface area (Å²) in [6.07, 6.45) is 6.08. The topological polar surface area (TPSA) is 228 Å². The predicted octanol–water partition coefficient (Wildman–Crippen LogP) is 2.09. The highest BCUT2D eigenvalue weighted by Crippen LogP contribution is 2.29. The average Bonchev–Trinajstić information content (AvgIpc) is 3.14. The van der Waals surface area contributed by atoms with Crippen LogP contribution in [0.3, 0.4) is 0 Å². The fourth-order valence-corrected chi connectivity index (χ4v) is 6.58. The Hall–Kier alpha value is -1.27. The van der Waals surface area contributed by atoms with Crippen LogP contribution in [0.25, 0.3) is 0 Å². The van der Waals surface area contributed by atoms with E-state index in [1.165, 1.54) is 57.8 Å². The normalized spacial score (nSPS) is 30.8. The maximum Gasteiger partial charge on any atom is 0.220 e. The number of carbonyl (C=O) groups is 1. The van der Waals surface area contributed by atoms with Crippen LogP contribution in [0.4, 0.5) is 0 Å². The molecule has 0 aromatic rings. The smallest absolute Gasteiger partial charge is 0.220 e. The summed E-state index contributed by atoms with van der Waals surface area (Å²) in [4.78, 5) is 12.8. The van der Waals surface area contributed by atoms with Gasteiger partial charge in [-0.1, -0.05) is 116 Å². The Bertz CT molecular complexity index is 941. The van der Waals surface area contributed by atoms with Gasteiger partial charge < -0.3 is 65.1 Å². The number of allylic oxidation sites excluding steroid dienone is 1. The lowest BCUT2D eigenvalue weighted by molar-refractivity contribution is -0.359. The van der Waals surface area contributed by atoms with E-state index >= 15 is 0 Å². The Balaban J connectivity index is 1.93. The summed E-state index contributed by atoms with van der Waals surface area (Å²) < 4.78 is 22.5. The molecule has 1 amide bonds. The van der Waals surface area contributed by atoms with Crippen LogP contribution in [0.2, 0.25) is 0 Å². The van der Waals surface area contributed by atoms with Crippen molar-refractivity contribution in [1.29, 1.82) is 0 Å². The van der Waals surface area contributed by atoms with Gasteiger partial charge in [-0.3, -0.25) is 4.79 Å². The summed E-state index contributed by atoms with van der Waals surface area (Å²) in [5.74, 6) is -0.255. The van der Waals surface area contributed by atoms with Gasteiger partial charge in [-0.15, -0.1) is 0 Å². The molecule has 2 saturated heterocycles. The quantitative estimate of drug-likeness (QED) is 0.0413. The molecule has 0 unspecified atom stereocenters. The molecule has 2 rings (SSSR count). The number of aliphatic hydroxyl groups is 8. The van der Waals surface area contributed by atoms with Gasteiger partial charge in [0.1, 0.15) is 48.8 Å². The molecule has 9 N–H and O–H groups in total. The minimum Gasteiger partial charge on any atom is -0.394 e. The molecule has 0 saturated carbocycles. The van der Waals surface area contributed by atoms with E-state index in [1.54, 1.807) is 6.08 Å². The SMILES string of the molecule is CCCCCCCCCCCCC/C=C/[C@@H](O)[C@H](CO[C@@H]1O[C@H](CO)[C@@H](O[C@@H]2O[C@H](CO)[C@H](O)[C@H](O)[C@H]2O)[C@H](O)[C@H]1O)NC(=O)CCCCCCC. The molecule has 2 aliphatic heterocycles. The number of hydrogen-bond donors (Lipinski definition) is 9. The molecule has 14 nitrogen and oxygen atoms in total. The van der Waals surface area contributed by atoms with Crippen LogP contribution in [0, 0.1) is 0 Å². The molecular weight excluding hydrogens is 678 g/mol. The molecule has 0 spiro atoms. The number of hydrogen-bond acceptors (Lipinski definition) is 13. The van der Waals surface area contributed by atoms with E-state index in [-0.39, 0.29) is 18.9 Å². The monoisotopic (exact) mass is 749 g/mol. The zero-order chi connectivity index (χ0) is 38.3. The molecule has 0 aliphatic carbocycles. The van der Waals surface area contributed by atoms with Gasteiger partial charge in [-0.25, -0.2) is 0 Å².